The van der Waals surface area contributed by atoms with E-state index in [9.17, 15) is 14.7 Å². The second kappa shape index (κ2) is 8.93. The zero-order valence-electron chi connectivity index (χ0n) is 16.3. The van der Waals surface area contributed by atoms with Gasteiger partial charge < -0.3 is 20.1 Å². The number of methoxy groups -OCH3 is 1. The van der Waals surface area contributed by atoms with Crippen molar-refractivity contribution in [2.24, 2.45) is 0 Å². The minimum Gasteiger partial charge on any atom is -0.497 e. The van der Waals surface area contributed by atoms with Crippen molar-refractivity contribution in [3.8, 4) is 5.75 Å². The highest BCUT2D eigenvalue weighted by atomic mass is 16.5. The molecular weight excluding hydrogens is 368 g/mol. The highest BCUT2D eigenvalue weighted by Gasteiger charge is 2.16. The van der Waals surface area contributed by atoms with Gasteiger partial charge in [-0.1, -0.05) is 30.3 Å². The lowest BCUT2D eigenvalue weighted by Gasteiger charge is -2.22. The van der Waals surface area contributed by atoms with Crippen LogP contribution in [-0.4, -0.2) is 31.1 Å². The average molecular weight is 390 g/mol. The Hall–Kier alpha value is -3.80. The first-order valence-corrected chi connectivity index (χ1v) is 9.05. The Labute approximate surface area is 169 Å². The average Bonchev–Trinajstić information content (AvgIpc) is 2.74. The quantitative estimate of drug-likeness (QED) is 0.629. The van der Waals surface area contributed by atoms with Gasteiger partial charge in [-0.25, -0.2) is 4.79 Å². The number of carbonyl (C=O) groups excluding carboxylic acids is 1. The molecule has 0 aromatic heterocycles. The second-order valence-electron chi connectivity index (χ2n) is 6.56. The van der Waals surface area contributed by atoms with Gasteiger partial charge in [0.2, 0.25) is 0 Å². The number of aromatic carboxylic acids is 1. The smallest absolute Gasteiger partial charge is 0.337 e. The number of carboxylic acid groups (broad SMARTS) is 1. The van der Waals surface area contributed by atoms with Crippen molar-refractivity contribution in [2.45, 2.75) is 6.54 Å². The van der Waals surface area contributed by atoms with Crippen LogP contribution in [0, 0.1) is 0 Å². The van der Waals surface area contributed by atoms with Crippen LogP contribution in [0.15, 0.2) is 72.8 Å². The summed E-state index contributed by atoms with van der Waals surface area (Å²) in [4.78, 5) is 26.1. The molecule has 0 aliphatic carbocycles. The summed E-state index contributed by atoms with van der Waals surface area (Å²) in [5.41, 5.74) is 2.64. The van der Waals surface area contributed by atoms with Crippen LogP contribution >= 0.6 is 0 Å². The van der Waals surface area contributed by atoms with Gasteiger partial charge in [-0.2, -0.15) is 0 Å². The highest BCUT2D eigenvalue weighted by Crippen LogP contribution is 2.25. The standard InChI is InChI=1S/C23H22N2O4/c1-25(15-16-6-4-3-5-7-16)21-13-10-18(14-20(21)23(27)28)24-22(26)17-8-11-19(29-2)12-9-17/h3-14H,15H2,1-2H3,(H,24,26)(H,27,28). The molecule has 3 aromatic carbocycles. The zero-order valence-corrected chi connectivity index (χ0v) is 16.3. The van der Waals surface area contributed by atoms with Crippen LogP contribution in [-0.2, 0) is 6.54 Å². The van der Waals surface area contributed by atoms with Crippen molar-refractivity contribution in [2.75, 3.05) is 24.4 Å². The van der Waals surface area contributed by atoms with Gasteiger partial charge in [0.25, 0.3) is 5.91 Å². The lowest BCUT2D eigenvalue weighted by molar-refractivity contribution is 0.0697. The van der Waals surface area contributed by atoms with Gasteiger partial charge in [-0.15, -0.1) is 0 Å². The predicted octanol–water partition coefficient (Wildman–Crippen LogP) is 4.28. The summed E-state index contributed by atoms with van der Waals surface area (Å²) in [7, 11) is 3.39. The fourth-order valence-corrected chi connectivity index (χ4v) is 3.01. The molecule has 0 radical (unpaired) electrons. The van der Waals surface area contributed by atoms with Gasteiger partial charge in [0.1, 0.15) is 5.75 Å². The van der Waals surface area contributed by atoms with Gasteiger partial charge in [-0.05, 0) is 48.0 Å². The lowest BCUT2D eigenvalue weighted by Crippen LogP contribution is -2.20. The van der Waals surface area contributed by atoms with Crippen LogP contribution in [0.2, 0.25) is 0 Å². The number of benzene rings is 3. The van der Waals surface area contributed by atoms with Gasteiger partial charge in [0, 0.05) is 24.8 Å². The molecule has 148 valence electrons. The van der Waals surface area contributed by atoms with E-state index in [1.54, 1.807) is 43.5 Å². The molecule has 0 saturated heterocycles. The molecule has 6 nitrogen and oxygen atoms in total. The minimum atomic E-state index is -1.06. The van der Waals surface area contributed by atoms with Crippen molar-refractivity contribution in [3.05, 3.63) is 89.5 Å². The normalized spacial score (nSPS) is 10.3. The number of rotatable bonds is 7. The molecule has 0 bridgehead atoms. The molecule has 1 amide bonds. The van der Waals surface area contributed by atoms with Gasteiger partial charge in [0.15, 0.2) is 0 Å². The molecule has 0 fully saturated rings. The maximum atomic E-state index is 12.4. The minimum absolute atomic E-state index is 0.121. The summed E-state index contributed by atoms with van der Waals surface area (Å²) in [6.07, 6.45) is 0. The Morgan fingerprint density at radius 3 is 2.31 bits per heavy atom. The number of amides is 1. The van der Waals surface area contributed by atoms with Crippen molar-refractivity contribution in [1.82, 2.24) is 0 Å². The number of hydrogen-bond acceptors (Lipinski definition) is 4. The number of nitrogens with one attached hydrogen (secondary N) is 1. The molecule has 0 spiro atoms. The third kappa shape index (κ3) is 4.93. The van der Waals surface area contributed by atoms with E-state index in [2.05, 4.69) is 5.32 Å². The fourth-order valence-electron chi connectivity index (χ4n) is 3.01. The Balaban J connectivity index is 1.79. The maximum Gasteiger partial charge on any atom is 0.337 e. The van der Waals surface area contributed by atoms with E-state index >= 15 is 0 Å². The first-order valence-electron chi connectivity index (χ1n) is 9.05. The van der Waals surface area contributed by atoms with E-state index in [1.165, 1.54) is 6.07 Å². The lowest BCUT2D eigenvalue weighted by atomic mass is 10.1. The third-order valence-electron chi connectivity index (χ3n) is 4.51. The molecule has 0 aliphatic rings. The largest absolute Gasteiger partial charge is 0.497 e. The van der Waals surface area contributed by atoms with Crippen LogP contribution in [0.3, 0.4) is 0 Å². The summed E-state index contributed by atoms with van der Waals surface area (Å²) < 4.78 is 5.09. The SMILES string of the molecule is COc1ccc(C(=O)Nc2ccc(N(C)Cc3ccccc3)c(C(=O)O)c2)cc1. The first-order chi connectivity index (χ1) is 14.0. The molecule has 0 saturated carbocycles. The van der Waals surface area contributed by atoms with Crippen molar-refractivity contribution < 1.29 is 19.4 Å². The molecule has 3 aromatic rings. The van der Waals surface area contributed by atoms with Crippen LogP contribution in [0.1, 0.15) is 26.3 Å². The molecule has 29 heavy (non-hydrogen) atoms. The molecular formula is C23H22N2O4. The molecule has 3 rings (SSSR count). The number of hydrogen-bond donors (Lipinski definition) is 2. The van der Waals surface area contributed by atoms with Crippen LogP contribution in [0.4, 0.5) is 11.4 Å². The number of carbonyl (C=O) groups is 2. The summed E-state index contributed by atoms with van der Waals surface area (Å²) in [6.45, 7) is 0.568. The van der Waals surface area contributed by atoms with Crippen molar-refractivity contribution in [3.63, 3.8) is 0 Å². The Bertz CT molecular complexity index is 1000. The Morgan fingerprint density at radius 1 is 1.00 bits per heavy atom. The van der Waals surface area contributed by atoms with E-state index in [1.807, 2.05) is 42.3 Å². The van der Waals surface area contributed by atoms with Crippen LogP contribution in [0.5, 0.6) is 5.75 Å². The molecule has 0 aliphatic heterocycles. The molecule has 2 N–H and O–H groups in total. The topological polar surface area (TPSA) is 78.9 Å². The van der Waals surface area contributed by atoms with E-state index < -0.39 is 5.97 Å². The molecule has 0 atom stereocenters. The van der Waals surface area contributed by atoms with Crippen LogP contribution < -0.4 is 15.0 Å². The number of ether oxygens (including phenoxy) is 1. The summed E-state index contributed by atoms with van der Waals surface area (Å²) in [5.74, 6) is -0.727. The van der Waals surface area contributed by atoms with Crippen LogP contribution in [0.25, 0.3) is 0 Å². The summed E-state index contributed by atoms with van der Waals surface area (Å²) in [6, 6.07) is 21.4. The monoisotopic (exact) mass is 390 g/mol. The maximum absolute atomic E-state index is 12.4. The van der Waals surface area contributed by atoms with E-state index in [4.69, 9.17) is 4.74 Å². The Morgan fingerprint density at radius 2 is 1.69 bits per heavy atom. The predicted molar refractivity (Wildman–Crippen MR) is 113 cm³/mol. The molecule has 0 unspecified atom stereocenters. The van der Waals surface area contributed by atoms with Crippen molar-refractivity contribution in [1.29, 1.82) is 0 Å². The fraction of sp³-hybridized carbons (Fsp3) is 0.130. The number of anilines is 2. The van der Waals surface area contributed by atoms with E-state index in [0.717, 1.165) is 5.56 Å². The Kier molecular flexibility index (Phi) is 6.14. The first kappa shape index (κ1) is 19.9. The van der Waals surface area contributed by atoms with Crippen molar-refractivity contribution >= 4 is 23.3 Å². The summed E-state index contributed by atoms with van der Waals surface area (Å²) >= 11 is 0. The summed E-state index contributed by atoms with van der Waals surface area (Å²) in [5, 5.41) is 12.4. The number of nitrogens with zero attached hydrogens (tertiary/aromatic N) is 1. The molecule has 0 heterocycles. The van der Waals surface area contributed by atoms with Gasteiger partial charge in [0.05, 0.1) is 18.4 Å². The zero-order chi connectivity index (χ0) is 20.8. The third-order valence-corrected chi connectivity index (χ3v) is 4.51. The van der Waals surface area contributed by atoms with Gasteiger partial charge in [-0.3, -0.25) is 4.79 Å². The number of carboxylic acids is 1. The van der Waals surface area contributed by atoms with Gasteiger partial charge >= 0.3 is 5.97 Å². The van der Waals surface area contributed by atoms with E-state index in [-0.39, 0.29) is 11.5 Å². The second-order valence-corrected chi connectivity index (χ2v) is 6.56. The highest BCUT2D eigenvalue weighted by molar-refractivity contribution is 6.05. The van der Waals surface area contributed by atoms with E-state index in [0.29, 0.717) is 29.2 Å². The molecule has 6 heteroatoms.